The Morgan fingerprint density at radius 2 is 2.14 bits per heavy atom. The van der Waals surface area contributed by atoms with Gasteiger partial charge in [0.15, 0.2) is 0 Å². The topological polar surface area (TPSA) is 26.3 Å². The summed E-state index contributed by atoms with van der Waals surface area (Å²) in [5.74, 6) is 0.483. The van der Waals surface area contributed by atoms with Gasteiger partial charge in [0.1, 0.15) is 0 Å². The van der Waals surface area contributed by atoms with E-state index in [0.29, 0.717) is 5.56 Å². The van der Waals surface area contributed by atoms with Gasteiger partial charge >= 0.3 is 5.97 Å². The Morgan fingerprint density at radius 3 is 2.64 bits per heavy atom. The van der Waals surface area contributed by atoms with Gasteiger partial charge in [0.25, 0.3) is 0 Å². The van der Waals surface area contributed by atoms with E-state index in [2.05, 4.69) is 17.7 Å². The molecule has 1 saturated carbocycles. The van der Waals surface area contributed by atoms with Gasteiger partial charge in [-0.1, -0.05) is 6.07 Å². The predicted octanol–water partition coefficient (Wildman–Crippen LogP) is 2.66. The molecule has 0 saturated heterocycles. The molecule has 0 aliphatic heterocycles. The van der Waals surface area contributed by atoms with Crippen molar-refractivity contribution in [1.29, 1.82) is 0 Å². The second kappa shape index (κ2) is 3.45. The molecular weight excluding hydrogens is 176 g/mol. The smallest absolute Gasteiger partial charge is 0.337 e. The number of aryl methyl sites for hydroxylation is 1. The predicted molar refractivity (Wildman–Crippen MR) is 54.5 cm³/mol. The molecule has 2 nitrogen and oxygen atoms in total. The van der Waals surface area contributed by atoms with Crippen LogP contribution in [0.4, 0.5) is 0 Å². The summed E-state index contributed by atoms with van der Waals surface area (Å²) < 4.78 is 4.67. The maximum absolute atomic E-state index is 11.2. The average Bonchev–Trinajstić information content (AvgIpc) is 3.00. The lowest BCUT2D eigenvalue weighted by atomic mass is 10.0. The van der Waals surface area contributed by atoms with Crippen molar-refractivity contribution in [3.05, 3.63) is 34.9 Å². The van der Waals surface area contributed by atoms with E-state index in [0.717, 1.165) is 5.92 Å². The fourth-order valence-corrected chi connectivity index (χ4v) is 1.77. The molecule has 1 aromatic carbocycles. The number of methoxy groups -OCH3 is 1. The summed E-state index contributed by atoms with van der Waals surface area (Å²) in [7, 11) is 1.41. The molecule has 1 aliphatic carbocycles. The summed E-state index contributed by atoms with van der Waals surface area (Å²) in [5, 5.41) is 0. The summed E-state index contributed by atoms with van der Waals surface area (Å²) in [6, 6.07) is 5.82. The zero-order valence-corrected chi connectivity index (χ0v) is 8.54. The molecular formula is C12H14O2. The summed E-state index contributed by atoms with van der Waals surface area (Å²) in [4.78, 5) is 11.2. The Morgan fingerprint density at radius 1 is 1.43 bits per heavy atom. The fourth-order valence-electron chi connectivity index (χ4n) is 1.77. The lowest BCUT2D eigenvalue weighted by Gasteiger charge is -2.05. The quantitative estimate of drug-likeness (QED) is 0.670. The first-order valence-electron chi connectivity index (χ1n) is 4.91. The molecule has 1 aliphatic rings. The zero-order valence-electron chi connectivity index (χ0n) is 8.54. The van der Waals surface area contributed by atoms with Crippen molar-refractivity contribution in [1.82, 2.24) is 0 Å². The minimum Gasteiger partial charge on any atom is -0.465 e. The SMILES string of the molecule is COC(=O)c1ccc(C2CC2)c(C)c1. The molecule has 2 rings (SSSR count). The maximum Gasteiger partial charge on any atom is 0.337 e. The molecule has 0 spiro atoms. The highest BCUT2D eigenvalue weighted by atomic mass is 16.5. The van der Waals surface area contributed by atoms with Gasteiger partial charge in [-0.25, -0.2) is 4.79 Å². The summed E-state index contributed by atoms with van der Waals surface area (Å²) >= 11 is 0. The van der Waals surface area contributed by atoms with Crippen LogP contribution in [0.5, 0.6) is 0 Å². The number of hydrogen-bond donors (Lipinski definition) is 0. The van der Waals surface area contributed by atoms with Gasteiger partial charge in [0, 0.05) is 0 Å². The van der Waals surface area contributed by atoms with Crippen molar-refractivity contribution in [2.45, 2.75) is 25.7 Å². The second-order valence-corrected chi connectivity index (χ2v) is 3.84. The average molecular weight is 190 g/mol. The van der Waals surface area contributed by atoms with Crippen LogP contribution in [0, 0.1) is 6.92 Å². The van der Waals surface area contributed by atoms with Crippen molar-refractivity contribution >= 4 is 5.97 Å². The Bertz CT molecular complexity index is 365. The van der Waals surface area contributed by atoms with E-state index in [-0.39, 0.29) is 5.97 Å². The highest BCUT2D eigenvalue weighted by Gasteiger charge is 2.25. The summed E-state index contributed by atoms with van der Waals surface area (Å²) in [6.07, 6.45) is 2.58. The Hall–Kier alpha value is -1.31. The monoisotopic (exact) mass is 190 g/mol. The molecule has 2 heteroatoms. The Balaban J connectivity index is 2.30. The number of ether oxygens (including phenoxy) is 1. The molecule has 0 amide bonds. The fraction of sp³-hybridized carbons (Fsp3) is 0.417. The molecule has 0 heterocycles. The lowest BCUT2D eigenvalue weighted by molar-refractivity contribution is 0.0600. The minimum atomic E-state index is -0.254. The third-order valence-corrected chi connectivity index (χ3v) is 2.71. The van der Waals surface area contributed by atoms with Crippen LogP contribution in [-0.4, -0.2) is 13.1 Å². The third kappa shape index (κ3) is 1.65. The minimum absolute atomic E-state index is 0.254. The first-order chi connectivity index (χ1) is 6.72. The van der Waals surface area contributed by atoms with Crippen LogP contribution in [0.15, 0.2) is 18.2 Å². The van der Waals surface area contributed by atoms with Crippen molar-refractivity contribution in [3.8, 4) is 0 Å². The molecule has 0 atom stereocenters. The second-order valence-electron chi connectivity index (χ2n) is 3.84. The number of carbonyl (C=O) groups is 1. The van der Waals surface area contributed by atoms with Gasteiger partial charge in [-0.2, -0.15) is 0 Å². The first kappa shape index (κ1) is 9.25. The number of benzene rings is 1. The van der Waals surface area contributed by atoms with Crippen LogP contribution in [0.2, 0.25) is 0 Å². The van der Waals surface area contributed by atoms with Crippen LogP contribution in [0.25, 0.3) is 0 Å². The van der Waals surface area contributed by atoms with E-state index in [1.165, 1.54) is 31.1 Å². The van der Waals surface area contributed by atoms with Crippen LogP contribution >= 0.6 is 0 Å². The number of hydrogen-bond acceptors (Lipinski definition) is 2. The van der Waals surface area contributed by atoms with Gasteiger partial charge < -0.3 is 4.74 Å². The van der Waals surface area contributed by atoms with Crippen LogP contribution in [0.1, 0.15) is 40.2 Å². The molecule has 14 heavy (non-hydrogen) atoms. The van der Waals surface area contributed by atoms with Gasteiger partial charge in [-0.15, -0.1) is 0 Å². The standard InChI is InChI=1S/C12H14O2/c1-8-7-10(12(13)14-2)5-6-11(8)9-3-4-9/h5-7,9H,3-4H2,1-2H3. The van der Waals surface area contributed by atoms with Crippen molar-refractivity contribution < 1.29 is 9.53 Å². The van der Waals surface area contributed by atoms with Crippen LogP contribution < -0.4 is 0 Å². The van der Waals surface area contributed by atoms with E-state index < -0.39 is 0 Å². The Labute approximate surface area is 83.9 Å². The number of esters is 1. The first-order valence-corrected chi connectivity index (χ1v) is 4.91. The van der Waals surface area contributed by atoms with Gasteiger partial charge in [-0.05, 0) is 48.9 Å². The van der Waals surface area contributed by atoms with Crippen molar-refractivity contribution in [2.75, 3.05) is 7.11 Å². The number of carbonyl (C=O) groups excluding carboxylic acids is 1. The highest BCUT2D eigenvalue weighted by Crippen LogP contribution is 2.41. The van der Waals surface area contributed by atoms with E-state index in [1.54, 1.807) is 0 Å². The maximum atomic E-state index is 11.2. The highest BCUT2D eigenvalue weighted by molar-refractivity contribution is 5.89. The van der Waals surface area contributed by atoms with Crippen LogP contribution in [-0.2, 0) is 4.74 Å². The molecule has 1 aromatic rings. The van der Waals surface area contributed by atoms with E-state index in [4.69, 9.17) is 0 Å². The van der Waals surface area contributed by atoms with Gasteiger partial charge in [0.2, 0.25) is 0 Å². The third-order valence-electron chi connectivity index (χ3n) is 2.71. The zero-order chi connectivity index (χ0) is 10.1. The molecule has 1 fully saturated rings. The summed E-state index contributed by atoms with van der Waals surface area (Å²) in [5.41, 5.74) is 3.24. The molecule has 0 radical (unpaired) electrons. The van der Waals surface area contributed by atoms with E-state index in [1.807, 2.05) is 12.1 Å². The molecule has 74 valence electrons. The van der Waals surface area contributed by atoms with Crippen molar-refractivity contribution in [3.63, 3.8) is 0 Å². The lowest BCUT2D eigenvalue weighted by Crippen LogP contribution is -2.02. The van der Waals surface area contributed by atoms with Crippen molar-refractivity contribution in [2.24, 2.45) is 0 Å². The molecule has 0 aromatic heterocycles. The van der Waals surface area contributed by atoms with Crippen LogP contribution in [0.3, 0.4) is 0 Å². The molecule has 0 bridgehead atoms. The normalized spacial score (nSPS) is 15.3. The molecule has 0 N–H and O–H groups in total. The van der Waals surface area contributed by atoms with Gasteiger partial charge in [-0.3, -0.25) is 0 Å². The summed E-state index contributed by atoms with van der Waals surface area (Å²) in [6.45, 7) is 2.06. The largest absolute Gasteiger partial charge is 0.465 e. The van der Waals surface area contributed by atoms with E-state index >= 15 is 0 Å². The molecule has 0 unspecified atom stereocenters. The Kier molecular flexibility index (Phi) is 2.28. The number of rotatable bonds is 2. The van der Waals surface area contributed by atoms with E-state index in [9.17, 15) is 4.79 Å². The van der Waals surface area contributed by atoms with Gasteiger partial charge in [0.05, 0.1) is 12.7 Å².